The minimum atomic E-state index is -0.732. The minimum absolute atomic E-state index is 0.0190. The van der Waals surface area contributed by atoms with Crippen molar-refractivity contribution >= 4 is 16.9 Å². The monoisotopic (exact) mass is 514 g/mol. The van der Waals surface area contributed by atoms with E-state index in [4.69, 9.17) is 18.6 Å². The Hall–Kier alpha value is -3.88. The largest absolute Gasteiger partial charge is 0.508 e. The lowest BCUT2D eigenvalue weighted by Crippen LogP contribution is -2.09. The second-order valence-corrected chi connectivity index (χ2v) is 9.15. The summed E-state index contributed by atoms with van der Waals surface area (Å²) in [6, 6.07) is 5.96. The van der Waals surface area contributed by atoms with E-state index in [1.54, 1.807) is 12.1 Å². The molecule has 1 unspecified atom stereocenters. The van der Waals surface area contributed by atoms with E-state index in [-0.39, 0.29) is 45.7 Å². The van der Waals surface area contributed by atoms with Crippen LogP contribution in [-0.4, -0.2) is 42.1 Å². The number of esters is 1. The smallest absolute Gasteiger partial charge is 0.302 e. The first-order valence-corrected chi connectivity index (χ1v) is 12.3. The van der Waals surface area contributed by atoms with Gasteiger partial charge in [0.1, 0.15) is 16.7 Å². The van der Waals surface area contributed by atoms with Crippen LogP contribution in [0.25, 0.3) is 22.3 Å². The number of hydrogen-bond acceptors (Lipinski definition) is 9. The van der Waals surface area contributed by atoms with Crippen LogP contribution >= 0.6 is 0 Å². The third-order valence-corrected chi connectivity index (χ3v) is 6.26. The fourth-order valence-corrected chi connectivity index (χ4v) is 4.30. The molecular formula is C28H34O9. The molecule has 3 aromatic rings. The van der Waals surface area contributed by atoms with E-state index in [1.165, 1.54) is 33.3 Å². The van der Waals surface area contributed by atoms with Gasteiger partial charge in [0.05, 0.1) is 20.8 Å². The molecule has 0 amide bonds. The van der Waals surface area contributed by atoms with Crippen LogP contribution in [0.1, 0.15) is 51.5 Å². The molecule has 0 radical (unpaired) electrons. The summed E-state index contributed by atoms with van der Waals surface area (Å²) in [6.07, 6.45) is 5.41. The Kier molecular flexibility index (Phi) is 9.27. The second-order valence-electron chi connectivity index (χ2n) is 9.15. The molecule has 37 heavy (non-hydrogen) atoms. The maximum Gasteiger partial charge on any atom is 0.302 e. The molecule has 0 aliphatic heterocycles. The molecule has 9 heteroatoms. The molecule has 1 atom stereocenters. The number of carbonyl (C=O) groups is 1. The summed E-state index contributed by atoms with van der Waals surface area (Å²) in [6.45, 7) is 3.90. The van der Waals surface area contributed by atoms with Gasteiger partial charge in [-0.05, 0) is 48.9 Å². The van der Waals surface area contributed by atoms with Crippen molar-refractivity contribution < 1.29 is 38.7 Å². The predicted molar refractivity (Wildman–Crippen MR) is 139 cm³/mol. The fraction of sp³-hybridized carbons (Fsp3) is 0.429. The number of fused-ring (bicyclic) bond motifs is 1. The van der Waals surface area contributed by atoms with Crippen molar-refractivity contribution in [1.29, 1.82) is 0 Å². The lowest BCUT2D eigenvalue weighted by Gasteiger charge is -2.14. The number of hydrogen-bond donors (Lipinski definition) is 3. The number of rotatable bonds is 12. The molecule has 3 N–H and O–H groups in total. The second kappa shape index (κ2) is 12.4. The molecule has 0 aliphatic rings. The summed E-state index contributed by atoms with van der Waals surface area (Å²) in [7, 11) is 2.64. The zero-order chi connectivity index (χ0) is 27.1. The minimum Gasteiger partial charge on any atom is -0.508 e. The van der Waals surface area contributed by atoms with Crippen LogP contribution in [-0.2, 0) is 16.0 Å². The van der Waals surface area contributed by atoms with Crippen LogP contribution in [0.2, 0.25) is 0 Å². The molecular weight excluding hydrogens is 480 g/mol. The van der Waals surface area contributed by atoms with Crippen molar-refractivity contribution in [3.63, 3.8) is 0 Å². The van der Waals surface area contributed by atoms with Gasteiger partial charge in [-0.25, -0.2) is 0 Å². The van der Waals surface area contributed by atoms with E-state index in [9.17, 15) is 24.9 Å². The number of benzene rings is 2. The van der Waals surface area contributed by atoms with Gasteiger partial charge in [0, 0.05) is 18.6 Å². The zero-order valence-electron chi connectivity index (χ0n) is 21.6. The highest BCUT2D eigenvalue weighted by Gasteiger charge is 2.24. The number of unbranched alkanes of at least 4 members (excludes halogenated alkanes) is 3. The van der Waals surface area contributed by atoms with Crippen LogP contribution < -0.4 is 14.9 Å². The van der Waals surface area contributed by atoms with Gasteiger partial charge in [-0.1, -0.05) is 26.2 Å². The first-order valence-electron chi connectivity index (χ1n) is 12.3. The molecule has 1 heterocycles. The van der Waals surface area contributed by atoms with Gasteiger partial charge in [0.15, 0.2) is 17.3 Å². The Morgan fingerprint density at radius 1 is 0.973 bits per heavy atom. The van der Waals surface area contributed by atoms with Crippen LogP contribution in [0, 0.1) is 5.92 Å². The first kappa shape index (κ1) is 27.7. The highest BCUT2D eigenvalue weighted by Crippen LogP contribution is 2.44. The molecule has 2 aromatic carbocycles. The van der Waals surface area contributed by atoms with Gasteiger partial charge < -0.3 is 33.9 Å². The molecule has 0 aliphatic carbocycles. The van der Waals surface area contributed by atoms with Gasteiger partial charge in [-0.3, -0.25) is 9.59 Å². The lowest BCUT2D eigenvalue weighted by molar-refractivity contribution is -0.142. The maximum atomic E-state index is 13.0. The van der Waals surface area contributed by atoms with E-state index < -0.39 is 11.2 Å². The molecule has 0 saturated heterocycles. The zero-order valence-corrected chi connectivity index (χ0v) is 21.6. The summed E-state index contributed by atoms with van der Waals surface area (Å²) in [5, 5.41) is 31.3. The summed E-state index contributed by atoms with van der Waals surface area (Å²) in [5.74, 6) is -0.880. The molecule has 0 fully saturated rings. The van der Waals surface area contributed by atoms with Crippen LogP contribution in [0.3, 0.4) is 0 Å². The first-order chi connectivity index (χ1) is 17.7. The topological polar surface area (TPSA) is 136 Å². The quantitative estimate of drug-likeness (QED) is 0.218. The van der Waals surface area contributed by atoms with Crippen molar-refractivity contribution in [2.75, 3.05) is 20.8 Å². The van der Waals surface area contributed by atoms with E-state index in [1.807, 2.05) is 0 Å². The summed E-state index contributed by atoms with van der Waals surface area (Å²) < 4.78 is 21.2. The van der Waals surface area contributed by atoms with Crippen molar-refractivity contribution in [2.45, 2.75) is 52.4 Å². The highest BCUT2D eigenvalue weighted by molar-refractivity contribution is 5.91. The van der Waals surface area contributed by atoms with E-state index in [2.05, 4.69) is 6.92 Å². The number of methoxy groups -OCH3 is 2. The van der Waals surface area contributed by atoms with Gasteiger partial charge in [0.25, 0.3) is 0 Å². The van der Waals surface area contributed by atoms with E-state index in [0.29, 0.717) is 30.1 Å². The SMILES string of the molecule is COc1c(O)cc2oc(-c3ccc(O)c(CCCCCCC(C)COC(C)=O)c3)c(O)c(=O)c2c1OC. The van der Waals surface area contributed by atoms with Crippen LogP contribution in [0.4, 0.5) is 0 Å². The molecule has 1 aromatic heterocycles. The average Bonchev–Trinajstić information content (AvgIpc) is 2.87. The third-order valence-electron chi connectivity index (χ3n) is 6.26. The van der Waals surface area contributed by atoms with Crippen molar-refractivity contribution in [2.24, 2.45) is 5.92 Å². The summed E-state index contributed by atoms with van der Waals surface area (Å²) >= 11 is 0. The fourth-order valence-electron chi connectivity index (χ4n) is 4.30. The number of ether oxygens (including phenoxy) is 3. The number of carbonyl (C=O) groups excluding carboxylic acids is 1. The molecule has 3 rings (SSSR count). The standard InChI is InChI=1S/C28H34O9/c1-16(15-36-17(2)29)9-7-5-6-8-10-18-13-19(11-12-20(18)30)26-25(33)24(32)23-22(37-26)14-21(31)27(34-3)28(23)35-4/h11-14,16,30-31,33H,5-10,15H2,1-4H3. The lowest BCUT2D eigenvalue weighted by atomic mass is 9.99. The Labute approximate surface area is 215 Å². The van der Waals surface area contributed by atoms with Crippen molar-refractivity contribution in [1.82, 2.24) is 0 Å². The Bertz CT molecular complexity index is 1310. The Morgan fingerprint density at radius 2 is 1.68 bits per heavy atom. The van der Waals surface area contributed by atoms with E-state index >= 15 is 0 Å². The van der Waals surface area contributed by atoms with Gasteiger partial charge in [0.2, 0.25) is 16.9 Å². The number of aryl methyl sites for hydroxylation is 1. The van der Waals surface area contributed by atoms with Gasteiger partial charge in [-0.2, -0.15) is 0 Å². The number of aromatic hydroxyl groups is 3. The molecule has 0 spiro atoms. The Morgan fingerprint density at radius 3 is 2.35 bits per heavy atom. The predicted octanol–water partition coefficient (Wildman–Crippen LogP) is 5.29. The molecule has 9 nitrogen and oxygen atoms in total. The van der Waals surface area contributed by atoms with E-state index in [0.717, 1.165) is 32.1 Å². The number of phenols is 2. The third kappa shape index (κ3) is 6.47. The molecule has 0 saturated carbocycles. The normalized spacial score (nSPS) is 11.9. The maximum absolute atomic E-state index is 13.0. The van der Waals surface area contributed by atoms with Gasteiger partial charge in [-0.15, -0.1) is 0 Å². The van der Waals surface area contributed by atoms with Crippen LogP contribution in [0.5, 0.6) is 28.7 Å². The number of phenolic OH excluding ortho intramolecular Hbond substituents is 2. The molecule has 200 valence electrons. The average molecular weight is 515 g/mol. The summed E-state index contributed by atoms with van der Waals surface area (Å²) in [4.78, 5) is 23.9. The molecule has 0 bridgehead atoms. The Balaban J connectivity index is 1.75. The van der Waals surface area contributed by atoms with Gasteiger partial charge >= 0.3 is 5.97 Å². The van der Waals surface area contributed by atoms with Crippen molar-refractivity contribution in [3.8, 4) is 40.1 Å². The van der Waals surface area contributed by atoms with Crippen LogP contribution in [0.15, 0.2) is 33.5 Å². The van der Waals surface area contributed by atoms with Crippen molar-refractivity contribution in [3.05, 3.63) is 40.1 Å². The highest BCUT2D eigenvalue weighted by atomic mass is 16.5. The summed E-state index contributed by atoms with van der Waals surface area (Å²) in [5.41, 5.74) is 0.366.